The average Bonchev–Trinajstić information content (AvgIpc) is 2.07. The zero-order valence-corrected chi connectivity index (χ0v) is 6.79. The zero-order valence-electron chi connectivity index (χ0n) is 6.79. The molecule has 2 N–H and O–H groups in total. The van der Waals surface area contributed by atoms with Crippen molar-refractivity contribution in [3.05, 3.63) is 0 Å². The van der Waals surface area contributed by atoms with Gasteiger partial charge in [0.2, 0.25) is 0 Å². The van der Waals surface area contributed by atoms with Crippen molar-refractivity contribution in [1.29, 1.82) is 0 Å². The molecule has 1 saturated heterocycles. The van der Waals surface area contributed by atoms with Gasteiger partial charge in [0, 0.05) is 7.11 Å². The Balaban J connectivity index is 2.14. The summed E-state index contributed by atoms with van der Waals surface area (Å²) in [6.45, 7) is 1.75. The van der Waals surface area contributed by atoms with Gasteiger partial charge in [0.05, 0.1) is 19.3 Å². The summed E-state index contributed by atoms with van der Waals surface area (Å²) in [7, 11) is 1.61. The molecule has 0 amide bonds. The maximum Gasteiger partial charge on any atom is 0.180 e. The van der Waals surface area contributed by atoms with E-state index < -0.39 is 0 Å². The Labute approximate surface area is 66.6 Å². The Bertz CT molecular complexity index is 102. The van der Waals surface area contributed by atoms with E-state index in [4.69, 9.17) is 19.9 Å². The van der Waals surface area contributed by atoms with Crippen LogP contribution in [0.4, 0.5) is 0 Å². The largest absolute Gasteiger partial charge is 0.370 e. The van der Waals surface area contributed by atoms with Crippen molar-refractivity contribution in [2.75, 3.05) is 26.9 Å². The molecule has 1 aliphatic heterocycles. The van der Waals surface area contributed by atoms with Crippen molar-refractivity contribution in [3.63, 3.8) is 0 Å². The van der Waals surface area contributed by atoms with Gasteiger partial charge in [0.1, 0.15) is 0 Å². The number of hydrogen-bond acceptors (Lipinski definition) is 4. The van der Waals surface area contributed by atoms with Crippen LogP contribution < -0.4 is 5.73 Å². The van der Waals surface area contributed by atoms with E-state index in [2.05, 4.69) is 0 Å². The molecule has 0 saturated carbocycles. The van der Waals surface area contributed by atoms with Crippen molar-refractivity contribution in [1.82, 2.24) is 0 Å². The van der Waals surface area contributed by atoms with E-state index >= 15 is 0 Å². The van der Waals surface area contributed by atoms with E-state index in [0.29, 0.717) is 19.8 Å². The summed E-state index contributed by atoms with van der Waals surface area (Å²) in [5, 5.41) is 0. The molecule has 0 aliphatic carbocycles. The van der Waals surface area contributed by atoms with Crippen LogP contribution in [0.2, 0.25) is 0 Å². The topological polar surface area (TPSA) is 53.7 Å². The van der Waals surface area contributed by atoms with Crippen molar-refractivity contribution in [3.8, 4) is 0 Å². The SMILES string of the molecule is COC1COC(CCN)CO1. The fourth-order valence-electron chi connectivity index (χ4n) is 1.01. The summed E-state index contributed by atoms with van der Waals surface area (Å²) < 4.78 is 15.6. The second-order valence-electron chi connectivity index (χ2n) is 2.53. The number of nitrogens with two attached hydrogens (primary N) is 1. The highest BCUT2D eigenvalue weighted by Gasteiger charge is 2.20. The molecule has 2 atom stereocenters. The standard InChI is InChI=1S/C7H15NO3/c1-9-7-5-10-6(2-3-8)4-11-7/h6-7H,2-5,8H2,1H3. The molecule has 0 aromatic rings. The molecule has 1 rings (SSSR count). The van der Waals surface area contributed by atoms with E-state index in [9.17, 15) is 0 Å². The lowest BCUT2D eigenvalue weighted by Gasteiger charge is -2.28. The lowest BCUT2D eigenvalue weighted by atomic mass is 10.2. The van der Waals surface area contributed by atoms with Gasteiger partial charge in [-0.05, 0) is 13.0 Å². The maximum atomic E-state index is 5.39. The molecule has 0 aromatic heterocycles. The summed E-state index contributed by atoms with van der Waals surface area (Å²) in [6.07, 6.45) is 0.826. The van der Waals surface area contributed by atoms with Crippen LogP contribution >= 0.6 is 0 Å². The second-order valence-corrected chi connectivity index (χ2v) is 2.53. The molecule has 0 spiro atoms. The Morgan fingerprint density at radius 3 is 2.73 bits per heavy atom. The van der Waals surface area contributed by atoms with E-state index in [1.165, 1.54) is 0 Å². The van der Waals surface area contributed by atoms with Crippen LogP contribution in [0.1, 0.15) is 6.42 Å². The number of hydrogen-bond donors (Lipinski definition) is 1. The molecule has 1 fully saturated rings. The summed E-state index contributed by atoms with van der Waals surface area (Å²) >= 11 is 0. The minimum atomic E-state index is -0.191. The van der Waals surface area contributed by atoms with Gasteiger partial charge in [-0.3, -0.25) is 0 Å². The molecule has 1 heterocycles. The van der Waals surface area contributed by atoms with Crippen molar-refractivity contribution >= 4 is 0 Å². The second kappa shape index (κ2) is 4.66. The molecule has 2 unspecified atom stereocenters. The summed E-state index contributed by atoms with van der Waals surface area (Å²) in [5.74, 6) is 0. The summed E-state index contributed by atoms with van der Waals surface area (Å²) in [4.78, 5) is 0. The molecular weight excluding hydrogens is 146 g/mol. The normalized spacial score (nSPS) is 32.2. The van der Waals surface area contributed by atoms with Gasteiger partial charge in [-0.15, -0.1) is 0 Å². The average molecular weight is 161 g/mol. The molecule has 4 heteroatoms. The van der Waals surface area contributed by atoms with Gasteiger partial charge in [-0.25, -0.2) is 0 Å². The third-order valence-corrected chi connectivity index (χ3v) is 1.69. The molecule has 0 radical (unpaired) electrons. The van der Waals surface area contributed by atoms with Crippen molar-refractivity contribution in [2.45, 2.75) is 18.8 Å². The van der Waals surface area contributed by atoms with Crippen LogP contribution in [-0.4, -0.2) is 39.3 Å². The fraction of sp³-hybridized carbons (Fsp3) is 1.00. The number of ether oxygens (including phenoxy) is 3. The van der Waals surface area contributed by atoms with Gasteiger partial charge in [-0.2, -0.15) is 0 Å². The highest BCUT2D eigenvalue weighted by Crippen LogP contribution is 2.09. The lowest BCUT2D eigenvalue weighted by molar-refractivity contribution is -0.224. The van der Waals surface area contributed by atoms with Crippen LogP contribution in [0.3, 0.4) is 0 Å². The molecular formula is C7H15NO3. The lowest BCUT2D eigenvalue weighted by Crippen LogP contribution is -2.37. The van der Waals surface area contributed by atoms with Gasteiger partial charge >= 0.3 is 0 Å². The molecule has 66 valence electrons. The maximum absolute atomic E-state index is 5.39. The predicted molar refractivity (Wildman–Crippen MR) is 40.2 cm³/mol. The molecule has 4 nitrogen and oxygen atoms in total. The number of methoxy groups -OCH3 is 1. The molecule has 0 bridgehead atoms. The van der Waals surface area contributed by atoms with Gasteiger partial charge in [-0.1, -0.05) is 0 Å². The van der Waals surface area contributed by atoms with Crippen LogP contribution in [0, 0.1) is 0 Å². The summed E-state index contributed by atoms with van der Waals surface area (Å²) in [6, 6.07) is 0. The predicted octanol–water partition coefficient (Wildman–Crippen LogP) is -0.277. The highest BCUT2D eigenvalue weighted by atomic mass is 16.7. The third-order valence-electron chi connectivity index (χ3n) is 1.69. The smallest absolute Gasteiger partial charge is 0.180 e. The van der Waals surface area contributed by atoms with E-state index in [0.717, 1.165) is 6.42 Å². The van der Waals surface area contributed by atoms with Crippen LogP contribution in [0.15, 0.2) is 0 Å². The van der Waals surface area contributed by atoms with Crippen molar-refractivity contribution < 1.29 is 14.2 Å². The molecule has 0 aromatic carbocycles. The van der Waals surface area contributed by atoms with Crippen molar-refractivity contribution in [2.24, 2.45) is 5.73 Å². The first-order valence-electron chi connectivity index (χ1n) is 3.83. The van der Waals surface area contributed by atoms with E-state index in [-0.39, 0.29) is 12.4 Å². The molecule has 1 aliphatic rings. The Kier molecular flexibility index (Phi) is 3.79. The van der Waals surface area contributed by atoms with Crippen LogP contribution in [0.5, 0.6) is 0 Å². The van der Waals surface area contributed by atoms with Crippen LogP contribution in [0.25, 0.3) is 0 Å². The quantitative estimate of drug-likeness (QED) is 0.618. The third kappa shape index (κ3) is 2.75. The monoisotopic (exact) mass is 161 g/mol. The first kappa shape index (κ1) is 8.93. The molecule has 11 heavy (non-hydrogen) atoms. The van der Waals surface area contributed by atoms with Gasteiger partial charge < -0.3 is 19.9 Å². The fourth-order valence-corrected chi connectivity index (χ4v) is 1.01. The number of rotatable bonds is 3. The van der Waals surface area contributed by atoms with E-state index in [1.54, 1.807) is 7.11 Å². The first-order chi connectivity index (χ1) is 5.36. The Morgan fingerprint density at radius 1 is 1.45 bits per heavy atom. The Morgan fingerprint density at radius 2 is 2.27 bits per heavy atom. The van der Waals surface area contributed by atoms with Crippen LogP contribution in [-0.2, 0) is 14.2 Å². The first-order valence-corrected chi connectivity index (χ1v) is 3.83. The van der Waals surface area contributed by atoms with E-state index in [1.807, 2.05) is 0 Å². The minimum absolute atomic E-state index is 0.159. The highest BCUT2D eigenvalue weighted by molar-refractivity contribution is 4.62. The summed E-state index contributed by atoms with van der Waals surface area (Å²) in [5.41, 5.74) is 5.36. The van der Waals surface area contributed by atoms with Gasteiger partial charge in [0.15, 0.2) is 6.29 Å². The zero-order chi connectivity index (χ0) is 8.10. The van der Waals surface area contributed by atoms with Gasteiger partial charge in [0.25, 0.3) is 0 Å². The minimum Gasteiger partial charge on any atom is -0.370 e. The Hall–Kier alpha value is -0.160.